The molecule has 0 aliphatic rings. The van der Waals surface area contributed by atoms with Crippen molar-refractivity contribution in [2.45, 2.75) is 13.8 Å². The van der Waals surface area contributed by atoms with Gasteiger partial charge in [0.2, 0.25) is 0 Å². The largest absolute Gasteiger partial charge is 0.459 e. The fourth-order valence-corrected chi connectivity index (χ4v) is 3.16. The van der Waals surface area contributed by atoms with Crippen LogP contribution in [0.5, 0.6) is 0 Å². The highest BCUT2D eigenvalue weighted by Gasteiger charge is 2.12. The van der Waals surface area contributed by atoms with E-state index >= 15 is 0 Å². The second kappa shape index (κ2) is 7.08. The minimum Gasteiger partial charge on any atom is -0.459 e. The molecule has 0 fully saturated rings. The number of hydrogen-bond acceptors (Lipinski definition) is 3. The van der Waals surface area contributed by atoms with Crippen LogP contribution < -0.4 is 10.6 Å². The number of benzene rings is 2. The van der Waals surface area contributed by atoms with E-state index in [2.05, 4.69) is 21.7 Å². The third-order valence-corrected chi connectivity index (χ3v) is 4.48. The van der Waals surface area contributed by atoms with Gasteiger partial charge in [0.05, 0.1) is 6.26 Å². The Labute approximate surface area is 161 Å². The molecule has 2 aromatic heterocycles. The fourth-order valence-electron chi connectivity index (χ4n) is 3.16. The van der Waals surface area contributed by atoms with E-state index in [-0.39, 0.29) is 17.6 Å². The summed E-state index contributed by atoms with van der Waals surface area (Å²) in [7, 11) is 0. The van der Waals surface area contributed by atoms with Crippen molar-refractivity contribution in [3.63, 3.8) is 0 Å². The van der Waals surface area contributed by atoms with Gasteiger partial charge in [-0.05, 0) is 73.5 Å². The standard InChI is InChI=1S/C22H19N3O3/c1-13-10-14(2)17-12-19(25-18(17)11-13)21(26)23-15-5-7-16(8-6-15)24-22(27)20-4-3-9-28-20/h3-12,25H,1-2H3,(H,23,26)(H,24,27). The number of aromatic nitrogens is 1. The van der Waals surface area contributed by atoms with E-state index in [1.165, 1.54) is 6.26 Å². The van der Waals surface area contributed by atoms with Crippen molar-refractivity contribution in [2.24, 2.45) is 0 Å². The van der Waals surface area contributed by atoms with Crippen molar-refractivity contribution in [3.8, 4) is 0 Å². The van der Waals surface area contributed by atoms with Crippen LogP contribution in [0.1, 0.15) is 32.2 Å². The van der Waals surface area contributed by atoms with E-state index in [9.17, 15) is 9.59 Å². The number of aryl methyl sites for hydroxylation is 2. The highest BCUT2D eigenvalue weighted by molar-refractivity contribution is 6.06. The molecule has 2 aromatic carbocycles. The number of H-pyrrole nitrogens is 1. The van der Waals surface area contributed by atoms with Gasteiger partial charge in [-0.1, -0.05) is 6.07 Å². The highest BCUT2D eigenvalue weighted by Crippen LogP contribution is 2.22. The zero-order valence-electron chi connectivity index (χ0n) is 15.5. The molecule has 0 atom stereocenters. The van der Waals surface area contributed by atoms with E-state index < -0.39 is 0 Å². The number of rotatable bonds is 4. The third kappa shape index (κ3) is 3.53. The Morgan fingerprint density at radius 1 is 0.893 bits per heavy atom. The molecule has 140 valence electrons. The van der Waals surface area contributed by atoms with Crippen LogP contribution in [0.3, 0.4) is 0 Å². The van der Waals surface area contributed by atoms with Crippen molar-refractivity contribution in [1.29, 1.82) is 0 Å². The third-order valence-electron chi connectivity index (χ3n) is 4.48. The Bertz CT molecular complexity index is 1160. The molecule has 0 unspecified atom stereocenters. The maximum atomic E-state index is 12.6. The average molecular weight is 373 g/mol. The zero-order chi connectivity index (χ0) is 19.7. The predicted octanol–water partition coefficient (Wildman–Crippen LogP) is 4.88. The van der Waals surface area contributed by atoms with E-state index in [4.69, 9.17) is 4.42 Å². The molecule has 2 amide bonds. The maximum Gasteiger partial charge on any atom is 0.291 e. The van der Waals surface area contributed by atoms with Gasteiger partial charge in [-0.3, -0.25) is 9.59 Å². The summed E-state index contributed by atoms with van der Waals surface area (Å²) in [6.07, 6.45) is 1.44. The summed E-state index contributed by atoms with van der Waals surface area (Å²) in [5.74, 6) is -0.312. The average Bonchev–Trinajstić information content (AvgIpc) is 3.33. The van der Waals surface area contributed by atoms with Gasteiger partial charge >= 0.3 is 0 Å². The Kier molecular flexibility index (Phi) is 4.45. The fraction of sp³-hybridized carbons (Fsp3) is 0.0909. The Hall–Kier alpha value is -3.80. The number of nitrogens with one attached hydrogen (secondary N) is 3. The predicted molar refractivity (Wildman–Crippen MR) is 109 cm³/mol. The van der Waals surface area contributed by atoms with Gasteiger partial charge in [-0.2, -0.15) is 0 Å². The molecule has 28 heavy (non-hydrogen) atoms. The van der Waals surface area contributed by atoms with Crippen LogP contribution in [-0.2, 0) is 0 Å². The lowest BCUT2D eigenvalue weighted by Gasteiger charge is -2.06. The van der Waals surface area contributed by atoms with Crippen molar-refractivity contribution in [1.82, 2.24) is 4.98 Å². The second-order valence-electron chi connectivity index (χ2n) is 6.69. The second-order valence-corrected chi connectivity index (χ2v) is 6.69. The molecule has 0 radical (unpaired) electrons. The molecule has 0 aliphatic heterocycles. The van der Waals surface area contributed by atoms with Crippen LogP contribution in [0.4, 0.5) is 11.4 Å². The lowest BCUT2D eigenvalue weighted by Crippen LogP contribution is -2.13. The van der Waals surface area contributed by atoms with Crippen molar-refractivity contribution >= 4 is 34.1 Å². The summed E-state index contributed by atoms with van der Waals surface area (Å²) in [4.78, 5) is 27.7. The quantitative estimate of drug-likeness (QED) is 0.476. The van der Waals surface area contributed by atoms with E-state index in [0.717, 1.165) is 22.0 Å². The Morgan fingerprint density at radius 3 is 2.21 bits per heavy atom. The molecule has 2 heterocycles. The van der Waals surface area contributed by atoms with Gasteiger partial charge in [-0.25, -0.2) is 0 Å². The molecule has 0 saturated heterocycles. The summed E-state index contributed by atoms with van der Waals surface area (Å²) < 4.78 is 5.06. The van der Waals surface area contributed by atoms with Gasteiger partial charge in [0, 0.05) is 22.3 Å². The summed E-state index contributed by atoms with van der Waals surface area (Å²) in [6.45, 7) is 4.06. The highest BCUT2D eigenvalue weighted by atomic mass is 16.3. The van der Waals surface area contributed by atoms with Crippen LogP contribution in [0.25, 0.3) is 10.9 Å². The number of amides is 2. The first-order valence-corrected chi connectivity index (χ1v) is 8.86. The van der Waals surface area contributed by atoms with E-state index in [0.29, 0.717) is 17.1 Å². The molecular weight excluding hydrogens is 354 g/mol. The molecule has 6 nitrogen and oxygen atoms in total. The summed E-state index contributed by atoms with van der Waals surface area (Å²) in [5, 5.41) is 6.63. The van der Waals surface area contributed by atoms with Crippen LogP contribution in [0.2, 0.25) is 0 Å². The van der Waals surface area contributed by atoms with Crippen molar-refractivity contribution in [2.75, 3.05) is 10.6 Å². The number of hydrogen-bond donors (Lipinski definition) is 3. The Morgan fingerprint density at radius 2 is 1.57 bits per heavy atom. The lowest BCUT2D eigenvalue weighted by molar-refractivity contribution is 0.0994. The maximum absolute atomic E-state index is 12.6. The molecule has 3 N–H and O–H groups in total. The van der Waals surface area contributed by atoms with Gasteiger partial charge in [0.25, 0.3) is 11.8 Å². The molecular formula is C22H19N3O3. The molecule has 0 aliphatic carbocycles. The van der Waals surface area contributed by atoms with Gasteiger partial charge in [0.15, 0.2) is 5.76 Å². The molecule has 0 saturated carbocycles. The number of anilines is 2. The van der Waals surface area contributed by atoms with Crippen LogP contribution >= 0.6 is 0 Å². The molecule has 4 rings (SSSR count). The van der Waals surface area contributed by atoms with Crippen LogP contribution in [-0.4, -0.2) is 16.8 Å². The Balaban J connectivity index is 1.46. The first-order valence-electron chi connectivity index (χ1n) is 8.86. The lowest BCUT2D eigenvalue weighted by atomic mass is 10.1. The first-order chi connectivity index (χ1) is 13.5. The first kappa shape index (κ1) is 17.6. The van der Waals surface area contributed by atoms with Gasteiger partial charge < -0.3 is 20.0 Å². The molecule has 6 heteroatoms. The topological polar surface area (TPSA) is 87.1 Å². The number of aromatic amines is 1. The summed E-state index contributed by atoms with van der Waals surface area (Å²) in [5.41, 5.74) is 4.95. The number of fused-ring (bicyclic) bond motifs is 1. The molecule has 4 aromatic rings. The van der Waals surface area contributed by atoms with Crippen LogP contribution in [0.15, 0.2) is 65.3 Å². The van der Waals surface area contributed by atoms with E-state index in [1.807, 2.05) is 26.0 Å². The SMILES string of the molecule is Cc1cc(C)c2cc(C(=O)Nc3ccc(NC(=O)c4ccco4)cc3)[nH]c2c1. The van der Waals surface area contributed by atoms with Gasteiger partial charge in [0.1, 0.15) is 5.69 Å². The monoisotopic (exact) mass is 373 g/mol. The number of carbonyl (C=O) groups excluding carboxylic acids is 2. The number of furan rings is 1. The van der Waals surface area contributed by atoms with Gasteiger partial charge in [-0.15, -0.1) is 0 Å². The van der Waals surface area contributed by atoms with Crippen molar-refractivity contribution < 1.29 is 14.0 Å². The number of carbonyl (C=O) groups is 2. The minimum atomic E-state index is -0.328. The normalized spacial score (nSPS) is 10.8. The summed E-state index contributed by atoms with van der Waals surface area (Å²) >= 11 is 0. The zero-order valence-corrected chi connectivity index (χ0v) is 15.5. The summed E-state index contributed by atoms with van der Waals surface area (Å²) in [6, 6.07) is 16.1. The molecule has 0 bridgehead atoms. The molecule has 0 spiro atoms. The smallest absolute Gasteiger partial charge is 0.291 e. The van der Waals surface area contributed by atoms with Crippen LogP contribution in [0, 0.1) is 13.8 Å². The minimum absolute atomic E-state index is 0.222. The van der Waals surface area contributed by atoms with Crippen molar-refractivity contribution in [3.05, 3.63) is 83.4 Å². The van der Waals surface area contributed by atoms with E-state index in [1.54, 1.807) is 36.4 Å².